The molecule has 0 bridgehead atoms. The Bertz CT molecular complexity index is 685. The topological polar surface area (TPSA) is 75.1 Å². The lowest BCUT2D eigenvalue weighted by Crippen LogP contribution is -2.44. The number of aliphatic hydroxyl groups is 1. The molecule has 0 aliphatic heterocycles. The van der Waals surface area contributed by atoms with Crippen LogP contribution in [0.15, 0.2) is 29.3 Å². The fourth-order valence-electron chi connectivity index (χ4n) is 3.30. The molecule has 1 aromatic carbocycles. The Morgan fingerprint density at radius 3 is 2.61 bits per heavy atom. The highest BCUT2D eigenvalue weighted by Crippen LogP contribution is 2.44. The molecule has 1 atom stereocenters. The molecule has 1 unspecified atom stereocenters. The number of rotatable bonds is 11. The largest absolute Gasteiger partial charge is 0.491 e. The Hall–Kier alpha value is -1.27. The van der Waals surface area contributed by atoms with Crippen LogP contribution in [0.2, 0.25) is 0 Å². The van der Waals surface area contributed by atoms with Gasteiger partial charge in [-0.2, -0.15) is 13.2 Å². The van der Waals surface area contributed by atoms with Gasteiger partial charge in [0.05, 0.1) is 5.56 Å². The second-order valence-electron chi connectivity index (χ2n) is 7.66. The second kappa shape index (κ2) is 13.3. The van der Waals surface area contributed by atoms with E-state index in [0.29, 0.717) is 25.7 Å². The summed E-state index contributed by atoms with van der Waals surface area (Å²) in [6.45, 7) is 4.05. The van der Waals surface area contributed by atoms with Gasteiger partial charge in [0.25, 0.3) is 0 Å². The van der Waals surface area contributed by atoms with Crippen molar-refractivity contribution in [3.05, 3.63) is 29.8 Å². The fraction of sp³-hybridized carbons (Fsp3) is 0.667. The third-order valence-electron chi connectivity index (χ3n) is 5.28. The third-order valence-corrected chi connectivity index (χ3v) is 5.28. The average Bonchev–Trinajstić information content (AvgIpc) is 2.68. The van der Waals surface area contributed by atoms with E-state index in [0.717, 1.165) is 31.4 Å². The molecule has 2 rings (SSSR count). The van der Waals surface area contributed by atoms with E-state index in [4.69, 9.17) is 9.47 Å². The Morgan fingerprint density at radius 2 is 2.03 bits per heavy atom. The summed E-state index contributed by atoms with van der Waals surface area (Å²) in [5.41, 5.74) is -0.601. The van der Waals surface area contributed by atoms with Crippen LogP contribution in [0.5, 0.6) is 5.75 Å². The van der Waals surface area contributed by atoms with Crippen molar-refractivity contribution in [2.45, 2.75) is 44.9 Å². The van der Waals surface area contributed by atoms with E-state index in [9.17, 15) is 18.3 Å². The van der Waals surface area contributed by atoms with Gasteiger partial charge in [0.1, 0.15) is 18.5 Å². The standard InChI is InChI=1S/C21H32F3N3O3.HI/c1-3-25-19(27-15-20(8-5-9-20)10-11-29-2)26-13-17(28)14-30-18-7-4-6-16(12-18)21(22,23)24;/h4,6-7,12,17,28H,3,5,8-11,13-15H2,1-2H3,(H2,25,26,27);1H. The lowest BCUT2D eigenvalue weighted by Gasteiger charge is -2.40. The van der Waals surface area contributed by atoms with Gasteiger partial charge in [0.2, 0.25) is 0 Å². The molecule has 31 heavy (non-hydrogen) atoms. The Kier molecular flexibility index (Phi) is 11.9. The first-order chi connectivity index (χ1) is 14.3. The van der Waals surface area contributed by atoms with Crippen LogP contribution in [-0.2, 0) is 10.9 Å². The van der Waals surface area contributed by atoms with Gasteiger partial charge in [-0.05, 0) is 49.8 Å². The first kappa shape index (κ1) is 27.8. The second-order valence-corrected chi connectivity index (χ2v) is 7.66. The molecular formula is C21H33F3IN3O3. The Morgan fingerprint density at radius 1 is 1.29 bits per heavy atom. The summed E-state index contributed by atoms with van der Waals surface area (Å²) in [6.07, 6.45) is -0.902. The van der Waals surface area contributed by atoms with E-state index >= 15 is 0 Å². The first-order valence-electron chi connectivity index (χ1n) is 10.3. The summed E-state index contributed by atoms with van der Waals surface area (Å²) in [6, 6.07) is 4.60. The summed E-state index contributed by atoms with van der Waals surface area (Å²) in [5, 5.41) is 16.4. The summed E-state index contributed by atoms with van der Waals surface area (Å²) in [4.78, 5) is 4.65. The minimum absolute atomic E-state index is 0. The minimum atomic E-state index is -4.43. The van der Waals surface area contributed by atoms with Gasteiger partial charge >= 0.3 is 6.18 Å². The number of ether oxygens (including phenoxy) is 2. The maximum Gasteiger partial charge on any atom is 0.416 e. The molecule has 0 heterocycles. The van der Waals surface area contributed by atoms with Crippen molar-refractivity contribution in [1.29, 1.82) is 0 Å². The fourth-order valence-corrected chi connectivity index (χ4v) is 3.30. The molecule has 0 radical (unpaired) electrons. The molecule has 1 fully saturated rings. The maximum atomic E-state index is 12.8. The number of benzene rings is 1. The minimum Gasteiger partial charge on any atom is -0.491 e. The summed E-state index contributed by atoms with van der Waals surface area (Å²) in [5.74, 6) is 0.661. The van der Waals surface area contributed by atoms with Crippen molar-refractivity contribution in [2.75, 3.05) is 40.0 Å². The predicted molar refractivity (Wildman–Crippen MR) is 125 cm³/mol. The average molecular weight is 559 g/mol. The van der Waals surface area contributed by atoms with Crippen LogP contribution in [0.1, 0.15) is 38.2 Å². The molecule has 0 aromatic heterocycles. The number of nitrogens with one attached hydrogen (secondary N) is 2. The maximum absolute atomic E-state index is 12.8. The summed E-state index contributed by atoms with van der Waals surface area (Å²) in [7, 11) is 1.70. The Balaban J connectivity index is 0.00000480. The van der Waals surface area contributed by atoms with Crippen LogP contribution in [-0.4, -0.2) is 57.1 Å². The quantitative estimate of drug-likeness (QED) is 0.219. The molecule has 1 saturated carbocycles. The van der Waals surface area contributed by atoms with Crippen molar-refractivity contribution in [2.24, 2.45) is 10.4 Å². The number of halogens is 4. The van der Waals surface area contributed by atoms with E-state index in [2.05, 4.69) is 15.6 Å². The van der Waals surface area contributed by atoms with Crippen LogP contribution in [0.4, 0.5) is 13.2 Å². The summed E-state index contributed by atoms with van der Waals surface area (Å²) < 4.78 is 48.8. The lowest BCUT2D eigenvalue weighted by molar-refractivity contribution is -0.137. The van der Waals surface area contributed by atoms with Crippen molar-refractivity contribution in [3.63, 3.8) is 0 Å². The van der Waals surface area contributed by atoms with Crippen molar-refractivity contribution < 1.29 is 27.8 Å². The zero-order valence-electron chi connectivity index (χ0n) is 18.0. The molecule has 178 valence electrons. The molecule has 10 heteroatoms. The van der Waals surface area contributed by atoms with Crippen LogP contribution < -0.4 is 15.4 Å². The lowest BCUT2D eigenvalue weighted by atomic mass is 9.67. The smallest absolute Gasteiger partial charge is 0.416 e. The van der Waals surface area contributed by atoms with Gasteiger partial charge in [-0.3, -0.25) is 4.99 Å². The van der Waals surface area contributed by atoms with Gasteiger partial charge < -0.3 is 25.2 Å². The molecule has 1 aromatic rings. The van der Waals surface area contributed by atoms with Crippen LogP contribution in [0, 0.1) is 5.41 Å². The number of guanidine groups is 1. The highest BCUT2D eigenvalue weighted by Gasteiger charge is 2.36. The van der Waals surface area contributed by atoms with E-state index in [1.807, 2.05) is 6.92 Å². The van der Waals surface area contributed by atoms with E-state index in [1.165, 1.54) is 18.6 Å². The van der Waals surface area contributed by atoms with Gasteiger partial charge in [-0.15, -0.1) is 24.0 Å². The van der Waals surface area contributed by atoms with E-state index in [-0.39, 0.29) is 48.3 Å². The molecule has 0 amide bonds. The van der Waals surface area contributed by atoms with Gasteiger partial charge in [-0.25, -0.2) is 0 Å². The zero-order valence-corrected chi connectivity index (χ0v) is 20.3. The Labute approximate surface area is 199 Å². The molecule has 0 spiro atoms. The molecule has 0 saturated heterocycles. The molecule has 6 nitrogen and oxygen atoms in total. The molecular weight excluding hydrogens is 526 g/mol. The van der Waals surface area contributed by atoms with Crippen molar-refractivity contribution in [1.82, 2.24) is 10.6 Å². The normalized spacial score (nSPS) is 16.6. The highest BCUT2D eigenvalue weighted by molar-refractivity contribution is 14.0. The number of aliphatic hydroxyl groups excluding tert-OH is 1. The summed E-state index contributed by atoms with van der Waals surface area (Å²) >= 11 is 0. The number of methoxy groups -OCH3 is 1. The van der Waals surface area contributed by atoms with Crippen molar-refractivity contribution >= 4 is 29.9 Å². The number of hydrogen-bond acceptors (Lipinski definition) is 4. The van der Waals surface area contributed by atoms with Gasteiger partial charge in [-0.1, -0.05) is 12.5 Å². The highest BCUT2D eigenvalue weighted by atomic mass is 127. The number of aliphatic imine (C=N–C) groups is 1. The van der Waals surface area contributed by atoms with E-state index in [1.54, 1.807) is 7.11 Å². The van der Waals surface area contributed by atoms with Crippen molar-refractivity contribution in [3.8, 4) is 5.75 Å². The van der Waals surface area contributed by atoms with Gasteiger partial charge in [0, 0.05) is 33.4 Å². The van der Waals surface area contributed by atoms with Gasteiger partial charge in [0.15, 0.2) is 5.96 Å². The first-order valence-corrected chi connectivity index (χ1v) is 10.3. The zero-order chi connectivity index (χ0) is 22.0. The molecule has 3 N–H and O–H groups in total. The predicted octanol–water partition coefficient (Wildman–Crippen LogP) is 3.83. The molecule has 1 aliphatic rings. The number of hydrogen-bond donors (Lipinski definition) is 3. The number of nitrogens with zero attached hydrogens (tertiary/aromatic N) is 1. The van der Waals surface area contributed by atoms with Crippen LogP contribution in [0.3, 0.4) is 0 Å². The molecule has 1 aliphatic carbocycles. The number of alkyl halides is 3. The van der Waals surface area contributed by atoms with Crippen LogP contribution in [0.25, 0.3) is 0 Å². The van der Waals surface area contributed by atoms with E-state index < -0.39 is 17.8 Å². The third kappa shape index (κ3) is 9.40. The SMILES string of the molecule is CCNC(=NCC1(CCOC)CCC1)NCC(O)COc1cccc(C(F)(F)F)c1.I. The monoisotopic (exact) mass is 559 g/mol. The van der Waals surface area contributed by atoms with Crippen LogP contribution >= 0.6 is 24.0 Å².